The second-order valence-electron chi connectivity index (χ2n) is 8.20. The predicted octanol–water partition coefficient (Wildman–Crippen LogP) is 5.13. The highest BCUT2D eigenvalue weighted by Crippen LogP contribution is 2.31. The first kappa shape index (κ1) is 23.8. The Kier molecular flexibility index (Phi) is 6.45. The molecule has 35 heavy (non-hydrogen) atoms. The molecule has 0 amide bonds. The minimum absolute atomic E-state index is 0.0364. The number of allylic oxidation sites excluding steroid dienone is 1. The molecule has 4 aromatic rings. The summed E-state index contributed by atoms with van der Waals surface area (Å²) >= 11 is 0. The summed E-state index contributed by atoms with van der Waals surface area (Å²) in [5.41, 5.74) is 0.892. The first-order chi connectivity index (χ1) is 16.7. The maximum atomic E-state index is 13.7. The minimum atomic E-state index is -4.15. The van der Waals surface area contributed by atoms with Crippen molar-refractivity contribution in [1.29, 1.82) is 5.26 Å². The highest BCUT2D eigenvalue weighted by molar-refractivity contribution is 7.90. The molecular weight excluding hydrogens is 462 g/mol. The zero-order valence-corrected chi connectivity index (χ0v) is 20.3. The van der Waals surface area contributed by atoms with Crippen molar-refractivity contribution in [1.82, 2.24) is 8.87 Å². The van der Waals surface area contributed by atoms with Crippen LogP contribution in [-0.2, 0) is 10.0 Å². The number of hydrogen-bond donors (Lipinski definition) is 0. The maximum absolute atomic E-state index is 13.7. The van der Waals surface area contributed by atoms with Gasteiger partial charge >= 0.3 is 0 Å². The monoisotopic (exact) mass is 485 g/mol. The second-order valence-corrected chi connectivity index (χ2v) is 9.98. The fourth-order valence-corrected chi connectivity index (χ4v) is 5.13. The van der Waals surface area contributed by atoms with E-state index in [0.29, 0.717) is 22.4 Å². The van der Waals surface area contributed by atoms with E-state index in [2.05, 4.69) is 0 Å². The van der Waals surface area contributed by atoms with Gasteiger partial charge in [0, 0.05) is 25.7 Å². The summed E-state index contributed by atoms with van der Waals surface area (Å²) in [6.07, 6.45) is 1.37. The van der Waals surface area contributed by atoms with E-state index in [4.69, 9.17) is 4.74 Å². The number of ketones is 1. The molecule has 0 saturated heterocycles. The average molecular weight is 486 g/mol. The van der Waals surface area contributed by atoms with E-state index in [-0.39, 0.29) is 16.2 Å². The van der Waals surface area contributed by atoms with Crippen LogP contribution in [0.15, 0.2) is 95.5 Å². The number of carbonyl (C=O) groups is 1. The molecule has 1 heterocycles. The van der Waals surface area contributed by atoms with Crippen LogP contribution in [0.5, 0.6) is 11.5 Å². The third kappa shape index (κ3) is 4.81. The number of nitrogens with zero attached hydrogens (tertiary/aromatic N) is 3. The van der Waals surface area contributed by atoms with Crippen molar-refractivity contribution in [2.75, 3.05) is 14.1 Å². The van der Waals surface area contributed by atoms with Gasteiger partial charge in [-0.3, -0.25) is 4.79 Å². The number of nitriles is 1. The fourth-order valence-electron chi connectivity index (χ4n) is 3.62. The maximum Gasteiger partial charge on any atom is 0.268 e. The van der Waals surface area contributed by atoms with Gasteiger partial charge in [-0.2, -0.15) is 5.26 Å². The van der Waals surface area contributed by atoms with Crippen LogP contribution in [0.3, 0.4) is 0 Å². The second kappa shape index (κ2) is 9.49. The SMILES string of the molecule is Cc1ccc(S(=O)(=O)n2c(C(=O)/C(C#N)=C/N(C)C)cc3cc(Oc4ccccc4)ccc32)cc1. The minimum Gasteiger partial charge on any atom is -0.457 e. The Bertz CT molecular complexity index is 1580. The summed E-state index contributed by atoms with van der Waals surface area (Å²) in [4.78, 5) is 15.0. The highest BCUT2D eigenvalue weighted by Gasteiger charge is 2.28. The van der Waals surface area contributed by atoms with E-state index in [0.717, 1.165) is 9.54 Å². The van der Waals surface area contributed by atoms with Crippen molar-refractivity contribution in [3.63, 3.8) is 0 Å². The van der Waals surface area contributed by atoms with Crippen LogP contribution in [0.1, 0.15) is 16.1 Å². The molecule has 7 nitrogen and oxygen atoms in total. The quantitative estimate of drug-likeness (QED) is 0.205. The molecule has 0 spiro atoms. The van der Waals surface area contributed by atoms with E-state index in [9.17, 15) is 18.5 Å². The standard InChI is InChI=1S/C27H23N3O4S/c1-19-9-12-24(13-10-19)35(32,33)30-25-14-11-23(34-22-7-5-4-6-8-22)15-20(25)16-26(30)27(31)21(17-28)18-29(2)3/h4-16,18H,1-3H3/b21-18+. The van der Waals surface area contributed by atoms with Gasteiger partial charge in [0.05, 0.1) is 10.4 Å². The number of Topliss-reactive ketones (excluding diaryl/α,β-unsaturated/α-hetero) is 1. The van der Waals surface area contributed by atoms with Crippen molar-refractivity contribution >= 4 is 26.7 Å². The number of aryl methyl sites for hydroxylation is 1. The van der Waals surface area contributed by atoms with Crippen molar-refractivity contribution in [3.8, 4) is 17.6 Å². The summed E-state index contributed by atoms with van der Waals surface area (Å²) in [6.45, 7) is 1.86. The van der Waals surface area contributed by atoms with Crippen LogP contribution in [0, 0.1) is 18.3 Å². The third-order valence-electron chi connectivity index (χ3n) is 5.25. The van der Waals surface area contributed by atoms with E-state index >= 15 is 0 Å². The molecule has 0 radical (unpaired) electrons. The van der Waals surface area contributed by atoms with Gasteiger partial charge in [-0.15, -0.1) is 0 Å². The van der Waals surface area contributed by atoms with E-state index in [1.807, 2.05) is 31.2 Å². The Morgan fingerprint density at radius 1 is 0.971 bits per heavy atom. The topological polar surface area (TPSA) is 92.4 Å². The molecule has 8 heteroatoms. The molecule has 0 aliphatic carbocycles. The molecule has 0 atom stereocenters. The number of carbonyl (C=O) groups excluding carboxylic acids is 1. The highest BCUT2D eigenvalue weighted by atomic mass is 32.2. The van der Waals surface area contributed by atoms with E-state index < -0.39 is 15.8 Å². The molecule has 176 valence electrons. The van der Waals surface area contributed by atoms with Crippen LogP contribution in [0.4, 0.5) is 0 Å². The number of hydrogen-bond acceptors (Lipinski definition) is 6. The predicted molar refractivity (Wildman–Crippen MR) is 134 cm³/mol. The summed E-state index contributed by atoms with van der Waals surface area (Å²) in [6, 6.07) is 23.8. The number of benzene rings is 3. The molecule has 4 rings (SSSR count). The van der Waals surface area contributed by atoms with Gasteiger partial charge in [-0.05, 0) is 55.5 Å². The van der Waals surface area contributed by atoms with Gasteiger partial charge < -0.3 is 9.64 Å². The van der Waals surface area contributed by atoms with Crippen LogP contribution >= 0.6 is 0 Å². The molecule has 0 N–H and O–H groups in total. The Hall–Kier alpha value is -4.35. The zero-order chi connectivity index (χ0) is 25.2. The van der Waals surface area contributed by atoms with E-state index in [1.165, 1.54) is 24.4 Å². The molecule has 0 saturated carbocycles. The summed E-state index contributed by atoms with van der Waals surface area (Å²) < 4.78 is 34.3. The zero-order valence-electron chi connectivity index (χ0n) is 19.5. The van der Waals surface area contributed by atoms with Gasteiger partial charge in [-0.1, -0.05) is 35.9 Å². The van der Waals surface area contributed by atoms with Crippen LogP contribution in [-0.4, -0.2) is 37.2 Å². The lowest BCUT2D eigenvalue weighted by Gasteiger charge is -2.12. The fraction of sp³-hybridized carbons (Fsp3) is 0.111. The number of fused-ring (bicyclic) bond motifs is 1. The number of para-hydroxylation sites is 1. The van der Waals surface area contributed by atoms with Gasteiger partial charge in [0.15, 0.2) is 0 Å². The molecule has 0 fully saturated rings. The lowest BCUT2D eigenvalue weighted by Crippen LogP contribution is -2.20. The van der Waals surface area contributed by atoms with Crippen molar-refractivity contribution < 1.29 is 17.9 Å². The number of aromatic nitrogens is 1. The molecule has 0 bridgehead atoms. The molecule has 3 aromatic carbocycles. The van der Waals surface area contributed by atoms with Crippen LogP contribution in [0.2, 0.25) is 0 Å². The van der Waals surface area contributed by atoms with Crippen LogP contribution in [0.25, 0.3) is 10.9 Å². The summed E-state index contributed by atoms with van der Waals surface area (Å²) in [5.74, 6) is 0.408. The number of ether oxygens (including phenoxy) is 1. The smallest absolute Gasteiger partial charge is 0.268 e. The summed E-state index contributed by atoms with van der Waals surface area (Å²) in [5, 5.41) is 10.1. The van der Waals surface area contributed by atoms with Crippen molar-refractivity contribution in [2.24, 2.45) is 0 Å². The Morgan fingerprint density at radius 2 is 1.66 bits per heavy atom. The van der Waals surface area contributed by atoms with Gasteiger partial charge in [-0.25, -0.2) is 12.4 Å². The van der Waals surface area contributed by atoms with E-state index in [1.54, 1.807) is 61.5 Å². The summed E-state index contributed by atoms with van der Waals surface area (Å²) in [7, 11) is -0.798. The number of rotatable bonds is 7. The molecule has 0 unspecified atom stereocenters. The lowest BCUT2D eigenvalue weighted by molar-refractivity contribution is 0.103. The molecule has 1 aromatic heterocycles. The first-order valence-corrected chi connectivity index (χ1v) is 12.2. The first-order valence-electron chi connectivity index (χ1n) is 10.7. The Labute approximate surface area is 204 Å². The average Bonchev–Trinajstić information content (AvgIpc) is 3.22. The Balaban J connectivity index is 1.92. The normalized spacial score (nSPS) is 11.8. The Morgan fingerprint density at radius 3 is 2.29 bits per heavy atom. The van der Waals surface area contributed by atoms with Gasteiger partial charge in [0.1, 0.15) is 28.8 Å². The van der Waals surface area contributed by atoms with Gasteiger partial charge in [0.2, 0.25) is 5.78 Å². The van der Waals surface area contributed by atoms with Crippen molar-refractivity contribution in [2.45, 2.75) is 11.8 Å². The van der Waals surface area contributed by atoms with Crippen LogP contribution < -0.4 is 4.74 Å². The third-order valence-corrected chi connectivity index (χ3v) is 6.99. The van der Waals surface area contributed by atoms with Gasteiger partial charge in [0.25, 0.3) is 10.0 Å². The largest absolute Gasteiger partial charge is 0.457 e. The van der Waals surface area contributed by atoms with Crippen molar-refractivity contribution in [3.05, 3.63) is 102 Å². The molecule has 0 aliphatic heterocycles. The lowest BCUT2D eigenvalue weighted by atomic mass is 10.1. The molecular formula is C27H23N3O4S. The molecule has 0 aliphatic rings.